The van der Waals surface area contributed by atoms with Gasteiger partial charge in [0.1, 0.15) is 18.2 Å². The van der Waals surface area contributed by atoms with Crippen molar-refractivity contribution in [2.75, 3.05) is 19.6 Å². The van der Waals surface area contributed by atoms with Gasteiger partial charge in [-0.3, -0.25) is 9.59 Å². The number of amides is 3. The molecule has 0 aromatic rings. The minimum atomic E-state index is -0.556. The maximum atomic E-state index is 12.2. The van der Waals surface area contributed by atoms with Gasteiger partial charge < -0.3 is 20.3 Å². The lowest BCUT2D eigenvalue weighted by Gasteiger charge is -2.23. The molecule has 1 saturated heterocycles. The summed E-state index contributed by atoms with van der Waals surface area (Å²) in [6, 6.07) is 1.35. The first-order chi connectivity index (χ1) is 11.2. The molecule has 1 aliphatic heterocycles. The highest BCUT2D eigenvalue weighted by molar-refractivity contribution is 5.88. The Morgan fingerprint density at radius 2 is 2.00 bits per heavy atom. The number of ether oxygens (including phenoxy) is 1. The van der Waals surface area contributed by atoms with Crippen LogP contribution in [0.25, 0.3) is 0 Å². The first kappa shape index (κ1) is 19.7. The number of alkyl carbamates (subject to hydrolysis) is 1. The van der Waals surface area contributed by atoms with Gasteiger partial charge in [0.25, 0.3) is 0 Å². The number of hydrogen-bond donors (Lipinski definition) is 2. The molecule has 1 fully saturated rings. The molecule has 2 N–H and O–H groups in total. The van der Waals surface area contributed by atoms with Crippen LogP contribution < -0.4 is 10.6 Å². The summed E-state index contributed by atoms with van der Waals surface area (Å²) in [4.78, 5) is 37.2. The van der Waals surface area contributed by atoms with E-state index in [0.29, 0.717) is 25.9 Å². The van der Waals surface area contributed by atoms with Crippen molar-refractivity contribution in [2.45, 2.75) is 58.1 Å². The van der Waals surface area contributed by atoms with Gasteiger partial charge in [-0.05, 0) is 40.0 Å². The highest BCUT2D eigenvalue weighted by Crippen LogP contribution is 2.18. The van der Waals surface area contributed by atoms with Gasteiger partial charge in [0.2, 0.25) is 11.8 Å². The lowest BCUT2D eigenvalue weighted by Crippen LogP contribution is -2.46. The van der Waals surface area contributed by atoms with Crippen LogP contribution in [0.2, 0.25) is 0 Å². The van der Waals surface area contributed by atoms with E-state index in [9.17, 15) is 14.4 Å². The molecule has 1 rings (SSSR count). The highest BCUT2D eigenvalue weighted by atomic mass is 16.6. The minimum Gasteiger partial charge on any atom is -0.444 e. The average Bonchev–Trinajstić information content (AvgIpc) is 2.96. The fourth-order valence-corrected chi connectivity index (χ4v) is 2.47. The molecular weight excluding hydrogens is 312 g/mol. The van der Waals surface area contributed by atoms with Crippen LogP contribution in [0.1, 0.15) is 46.5 Å². The molecule has 3 amide bonds. The van der Waals surface area contributed by atoms with E-state index in [4.69, 9.17) is 10.00 Å². The molecular formula is C16H26N4O4. The Morgan fingerprint density at radius 3 is 2.62 bits per heavy atom. The van der Waals surface area contributed by atoms with E-state index in [2.05, 4.69) is 10.6 Å². The van der Waals surface area contributed by atoms with E-state index in [1.165, 1.54) is 0 Å². The molecule has 0 spiro atoms. The van der Waals surface area contributed by atoms with Crippen molar-refractivity contribution >= 4 is 17.9 Å². The zero-order valence-corrected chi connectivity index (χ0v) is 14.6. The number of nitriles is 1. The van der Waals surface area contributed by atoms with Crippen LogP contribution in [0.5, 0.6) is 0 Å². The van der Waals surface area contributed by atoms with Crippen molar-refractivity contribution in [1.29, 1.82) is 5.26 Å². The molecule has 0 unspecified atom stereocenters. The maximum Gasteiger partial charge on any atom is 0.407 e. The van der Waals surface area contributed by atoms with Crippen molar-refractivity contribution in [3.63, 3.8) is 0 Å². The Morgan fingerprint density at radius 1 is 1.29 bits per heavy atom. The largest absolute Gasteiger partial charge is 0.444 e. The molecule has 8 nitrogen and oxygen atoms in total. The van der Waals surface area contributed by atoms with Gasteiger partial charge in [-0.25, -0.2) is 4.79 Å². The molecule has 1 aliphatic rings. The maximum absolute atomic E-state index is 12.2. The summed E-state index contributed by atoms with van der Waals surface area (Å²) in [7, 11) is 0. The minimum absolute atomic E-state index is 0.0584. The molecule has 0 aromatic carbocycles. The van der Waals surface area contributed by atoms with Gasteiger partial charge in [0, 0.05) is 19.5 Å². The van der Waals surface area contributed by atoms with Crippen molar-refractivity contribution in [1.82, 2.24) is 15.5 Å². The van der Waals surface area contributed by atoms with E-state index < -0.39 is 17.7 Å². The van der Waals surface area contributed by atoms with Crippen molar-refractivity contribution in [3.05, 3.63) is 0 Å². The third-order valence-corrected chi connectivity index (χ3v) is 3.45. The molecule has 0 aliphatic carbocycles. The van der Waals surface area contributed by atoms with Crippen LogP contribution in [0.15, 0.2) is 0 Å². The Bertz CT molecular complexity index is 507. The van der Waals surface area contributed by atoms with E-state index in [0.717, 1.165) is 6.42 Å². The molecule has 0 radical (unpaired) electrons. The number of carbonyl (C=O) groups is 3. The highest BCUT2D eigenvalue weighted by Gasteiger charge is 2.33. The van der Waals surface area contributed by atoms with Crippen LogP contribution in [0.4, 0.5) is 4.79 Å². The smallest absolute Gasteiger partial charge is 0.407 e. The fraction of sp³-hybridized carbons (Fsp3) is 0.750. The Labute approximate surface area is 142 Å². The van der Waals surface area contributed by atoms with Crippen LogP contribution in [-0.2, 0) is 14.3 Å². The summed E-state index contributed by atoms with van der Waals surface area (Å²) in [5.74, 6) is -0.398. The molecule has 0 bridgehead atoms. The number of rotatable bonds is 6. The summed E-state index contributed by atoms with van der Waals surface area (Å²) in [5, 5.41) is 13.6. The average molecular weight is 338 g/mol. The summed E-state index contributed by atoms with van der Waals surface area (Å²) in [6.45, 7) is 6.16. The molecule has 0 saturated carbocycles. The monoisotopic (exact) mass is 338 g/mol. The second-order valence-electron chi connectivity index (χ2n) is 6.65. The molecule has 24 heavy (non-hydrogen) atoms. The third-order valence-electron chi connectivity index (χ3n) is 3.45. The quantitative estimate of drug-likeness (QED) is 0.552. The predicted molar refractivity (Wildman–Crippen MR) is 86.8 cm³/mol. The second kappa shape index (κ2) is 9.11. The van der Waals surface area contributed by atoms with Crippen molar-refractivity contribution in [3.8, 4) is 6.07 Å². The van der Waals surface area contributed by atoms with Crippen LogP contribution in [0, 0.1) is 11.3 Å². The van der Waals surface area contributed by atoms with Gasteiger partial charge in [0.05, 0.1) is 6.07 Å². The van der Waals surface area contributed by atoms with Gasteiger partial charge in [-0.1, -0.05) is 0 Å². The van der Waals surface area contributed by atoms with Crippen LogP contribution in [0.3, 0.4) is 0 Å². The Kier molecular flexibility index (Phi) is 7.49. The van der Waals surface area contributed by atoms with E-state index in [1.807, 2.05) is 6.07 Å². The lowest BCUT2D eigenvalue weighted by atomic mass is 10.2. The van der Waals surface area contributed by atoms with Gasteiger partial charge in [0.15, 0.2) is 0 Å². The van der Waals surface area contributed by atoms with Crippen molar-refractivity contribution in [2.24, 2.45) is 0 Å². The number of hydrogen-bond acceptors (Lipinski definition) is 5. The first-order valence-corrected chi connectivity index (χ1v) is 8.15. The first-order valence-electron chi connectivity index (χ1n) is 8.15. The van der Waals surface area contributed by atoms with Gasteiger partial charge in [-0.2, -0.15) is 5.26 Å². The summed E-state index contributed by atoms with van der Waals surface area (Å²) in [5.41, 5.74) is -0.556. The van der Waals surface area contributed by atoms with E-state index in [-0.39, 0.29) is 24.8 Å². The lowest BCUT2D eigenvalue weighted by molar-refractivity contribution is -0.138. The third kappa shape index (κ3) is 6.86. The summed E-state index contributed by atoms with van der Waals surface area (Å²) in [6.07, 6.45) is 1.59. The van der Waals surface area contributed by atoms with Gasteiger partial charge >= 0.3 is 6.09 Å². The molecule has 1 heterocycles. The molecule has 134 valence electrons. The normalized spacial score (nSPS) is 17.1. The molecule has 0 aromatic heterocycles. The Hall–Kier alpha value is -2.30. The molecule has 8 heteroatoms. The molecule has 1 atom stereocenters. The van der Waals surface area contributed by atoms with E-state index >= 15 is 0 Å². The standard InChI is InChI=1S/C16H26N4O4/c1-16(2,3)24-15(23)19-9-4-7-13(21)20-11-5-6-12(20)14(22)18-10-8-17/h12H,4-7,9-11H2,1-3H3,(H,18,22)(H,19,23)/t12-/m0/s1. The SMILES string of the molecule is CC(C)(C)OC(=O)NCCCC(=O)N1CCC[C@H]1C(=O)NCC#N. The van der Waals surface area contributed by atoms with Crippen LogP contribution in [-0.4, -0.2) is 54.1 Å². The van der Waals surface area contributed by atoms with Crippen LogP contribution >= 0.6 is 0 Å². The zero-order valence-electron chi connectivity index (χ0n) is 14.6. The second-order valence-corrected chi connectivity index (χ2v) is 6.65. The number of nitrogens with one attached hydrogen (secondary N) is 2. The summed E-state index contributed by atoms with van der Waals surface area (Å²) < 4.78 is 5.11. The van der Waals surface area contributed by atoms with E-state index in [1.54, 1.807) is 25.7 Å². The number of carbonyl (C=O) groups excluding carboxylic acids is 3. The zero-order chi connectivity index (χ0) is 18.2. The van der Waals surface area contributed by atoms with Gasteiger partial charge in [-0.15, -0.1) is 0 Å². The summed E-state index contributed by atoms with van der Waals surface area (Å²) >= 11 is 0. The topological polar surface area (TPSA) is 112 Å². The van der Waals surface area contributed by atoms with Crippen molar-refractivity contribution < 1.29 is 19.1 Å². The number of likely N-dealkylation sites (tertiary alicyclic amines) is 1. The fourth-order valence-electron chi connectivity index (χ4n) is 2.47. The number of nitrogens with zero attached hydrogens (tertiary/aromatic N) is 2. The Balaban J connectivity index is 2.33. The predicted octanol–water partition coefficient (Wildman–Crippen LogP) is 0.922.